The second kappa shape index (κ2) is 18.2. The van der Waals surface area contributed by atoms with Gasteiger partial charge in [0.25, 0.3) is 12.4 Å². The number of Topliss-reactive ketones (excluding diaryl/α,β-unsaturated/α-hetero) is 1. The summed E-state index contributed by atoms with van der Waals surface area (Å²) < 4.78 is 42.2. The number of ketones is 1. The van der Waals surface area contributed by atoms with Crippen molar-refractivity contribution in [2.45, 2.75) is 108 Å². The van der Waals surface area contributed by atoms with Crippen molar-refractivity contribution in [1.82, 2.24) is 5.32 Å². The monoisotopic (exact) mass is 913 g/mol. The van der Waals surface area contributed by atoms with Crippen LogP contribution in [0.25, 0.3) is 0 Å². The zero-order chi connectivity index (χ0) is 47.1. The maximum atomic E-state index is 15.8. The molecule has 1 unspecified atom stereocenters. The third kappa shape index (κ3) is 8.15. The third-order valence-corrected chi connectivity index (χ3v) is 14.1. The number of hydrogen-bond acceptors (Lipinski definition) is 15. The third-order valence-electron chi connectivity index (χ3n) is 13.8. The highest BCUT2D eigenvalue weighted by molar-refractivity contribution is 7.09. The summed E-state index contributed by atoms with van der Waals surface area (Å²) >= 11 is 0. The molecule has 2 bridgehead atoms. The Kier molecular flexibility index (Phi) is 13.2. The summed E-state index contributed by atoms with van der Waals surface area (Å²) in [6, 6.07) is 23.6. The van der Waals surface area contributed by atoms with Crippen LogP contribution in [0.15, 0.2) is 102 Å². The summed E-state index contributed by atoms with van der Waals surface area (Å²) in [5.74, 6) is -6.54. The summed E-state index contributed by atoms with van der Waals surface area (Å²) in [5.41, 5.74) is -6.81. The van der Waals surface area contributed by atoms with Gasteiger partial charge in [-0.2, -0.15) is 0 Å². The molecule has 344 valence electrons. The minimum absolute atomic E-state index is 0.0170. The minimum atomic E-state index is -2.39. The number of aliphatic hydroxyl groups is 1. The molecule has 17 heteroatoms. The van der Waals surface area contributed by atoms with E-state index in [-0.39, 0.29) is 36.2 Å². The summed E-state index contributed by atoms with van der Waals surface area (Å²) in [6.45, 7) is 8.23. The van der Waals surface area contributed by atoms with Crippen molar-refractivity contribution < 1.29 is 71.6 Å². The number of benzene rings is 3. The predicted octanol–water partition coefficient (Wildman–Crippen LogP) is 4.73. The van der Waals surface area contributed by atoms with Gasteiger partial charge in [-0.25, -0.2) is 9.59 Å². The van der Waals surface area contributed by atoms with Crippen LogP contribution in [0.4, 0.5) is 0 Å². The van der Waals surface area contributed by atoms with Gasteiger partial charge < -0.3 is 43.4 Å². The highest BCUT2D eigenvalue weighted by atomic mass is 31.0. The van der Waals surface area contributed by atoms with Crippen molar-refractivity contribution in [3.63, 3.8) is 0 Å². The van der Waals surface area contributed by atoms with Crippen molar-refractivity contribution in [2.75, 3.05) is 6.61 Å². The lowest BCUT2D eigenvalue weighted by molar-refractivity contribution is -0.345. The molecule has 0 aromatic heterocycles. The zero-order valence-corrected chi connectivity index (χ0v) is 37.9. The summed E-state index contributed by atoms with van der Waals surface area (Å²) in [6.07, 6.45) is -9.72. The fourth-order valence-electron chi connectivity index (χ4n) is 10.5. The van der Waals surface area contributed by atoms with E-state index in [1.165, 1.54) is 19.1 Å². The van der Waals surface area contributed by atoms with Gasteiger partial charge in [-0.1, -0.05) is 80.6 Å². The van der Waals surface area contributed by atoms with Crippen molar-refractivity contribution in [2.24, 2.45) is 16.7 Å². The summed E-state index contributed by atoms with van der Waals surface area (Å²) in [5, 5.41) is 16.7. The van der Waals surface area contributed by atoms with Crippen LogP contribution in [0, 0.1) is 16.7 Å². The van der Waals surface area contributed by atoms with Gasteiger partial charge in [0.1, 0.15) is 30.0 Å². The van der Waals surface area contributed by atoms with Crippen LogP contribution in [-0.4, -0.2) is 102 Å². The summed E-state index contributed by atoms with van der Waals surface area (Å²) in [4.78, 5) is 97.1. The Morgan fingerprint density at radius 2 is 1.46 bits per heavy atom. The van der Waals surface area contributed by atoms with Gasteiger partial charge in [-0.05, 0) is 54.8 Å². The lowest BCUT2D eigenvalue weighted by Crippen LogP contribution is -2.82. The van der Waals surface area contributed by atoms with Gasteiger partial charge in [0.05, 0.1) is 29.5 Å². The standard InChI is InChI=1S/C48H52NO15P/c1-26-32(61-44(56)38(64-65)36(29-16-10-7-11-17-29)49-42(54)30-18-12-8-13-19-30)23-48(57)41(62-43(55)31-20-14-9-15-21-31)39-46(6,40(53)37(60-27(2)51)35(26)45(48,4)5)33(59-25-50)22-34-47(39,24-58-34)63-28(3)52/h7-21,25,32-34,36-39,41,57H,22-24,65H2,1-6H3,(H,49,54)/t32-,33-,34+,36-,37+,38+,39-,41-,46+,47-,48+/m0/s1. The van der Waals surface area contributed by atoms with Crippen molar-refractivity contribution in [3.05, 3.63) is 119 Å². The van der Waals surface area contributed by atoms with Gasteiger partial charge in [-0.15, -0.1) is 0 Å². The highest BCUT2D eigenvalue weighted by Gasteiger charge is 2.79. The zero-order valence-electron chi connectivity index (χ0n) is 36.7. The molecular weight excluding hydrogens is 861 g/mol. The first kappa shape index (κ1) is 47.2. The molecule has 7 rings (SSSR count). The van der Waals surface area contributed by atoms with Crippen LogP contribution in [0.3, 0.4) is 0 Å². The normalized spacial score (nSPS) is 30.8. The van der Waals surface area contributed by atoms with Crippen LogP contribution in [-0.2, 0) is 56.9 Å². The average Bonchev–Trinajstić information content (AvgIpc) is 3.27. The number of carbonyl (C=O) groups is 7. The Labute approximate surface area is 377 Å². The quantitative estimate of drug-likeness (QED) is 0.0779. The van der Waals surface area contributed by atoms with E-state index in [2.05, 4.69) is 5.32 Å². The Hall–Kier alpha value is -5.80. The molecule has 12 atom stereocenters. The van der Waals surface area contributed by atoms with E-state index in [4.69, 9.17) is 32.9 Å². The van der Waals surface area contributed by atoms with Crippen molar-refractivity contribution in [3.8, 4) is 0 Å². The molecule has 0 radical (unpaired) electrons. The van der Waals surface area contributed by atoms with Crippen LogP contribution in [0.2, 0.25) is 0 Å². The molecule has 3 fully saturated rings. The molecule has 3 aromatic rings. The molecule has 3 aliphatic carbocycles. The van der Waals surface area contributed by atoms with E-state index in [1.54, 1.807) is 99.6 Å². The molecule has 1 heterocycles. The Balaban J connectivity index is 1.42. The Morgan fingerprint density at radius 1 is 0.862 bits per heavy atom. The van der Waals surface area contributed by atoms with Crippen molar-refractivity contribution >= 4 is 51.5 Å². The van der Waals surface area contributed by atoms with Gasteiger partial charge in [0.2, 0.25) is 0 Å². The number of esters is 4. The average molecular weight is 914 g/mol. The maximum Gasteiger partial charge on any atom is 0.338 e. The van der Waals surface area contributed by atoms with Crippen LogP contribution < -0.4 is 5.32 Å². The number of fused-ring (bicyclic) bond motifs is 5. The molecule has 1 aliphatic heterocycles. The van der Waals surface area contributed by atoms with Crippen LogP contribution >= 0.6 is 9.47 Å². The number of ether oxygens (including phenoxy) is 6. The van der Waals surface area contributed by atoms with Gasteiger partial charge in [0.15, 0.2) is 23.6 Å². The largest absolute Gasteiger partial charge is 0.463 e. The fourth-order valence-corrected chi connectivity index (χ4v) is 10.8. The van der Waals surface area contributed by atoms with E-state index in [9.17, 15) is 33.9 Å². The molecule has 1 saturated heterocycles. The van der Waals surface area contributed by atoms with E-state index >= 15 is 4.79 Å². The fraction of sp³-hybridized carbons (Fsp3) is 0.438. The first-order chi connectivity index (χ1) is 30.8. The van der Waals surface area contributed by atoms with E-state index < -0.39 is 113 Å². The Bertz CT molecular complexity index is 2380. The number of rotatable bonds is 13. The Morgan fingerprint density at radius 3 is 2.00 bits per heavy atom. The molecule has 3 aromatic carbocycles. The molecule has 4 aliphatic rings. The van der Waals surface area contributed by atoms with Gasteiger partial charge >= 0.3 is 23.9 Å². The molecule has 0 spiro atoms. The second-order valence-electron chi connectivity index (χ2n) is 17.7. The molecule has 16 nitrogen and oxygen atoms in total. The topological polar surface area (TPSA) is 216 Å². The van der Waals surface area contributed by atoms with E-state index in [0.29, 0.717) is 11.1 Å². The van der Waals surface area contributed by atoms with Gasteiger partial charge in [0, 0.05) is 47.1 Å². The minimum Gasteiger partial charge on any atom is -0.463 e. The number of amides is 1. The SMILES string of the molecule is CC(=O)O[C@H]1C(=O)[C@]2(C)[C@@H](OC=O)C[C@H]3OC[C@@]3(OC(C)=O)[C@H]2[C@H](OC(=O)c2ccccc2)[C@]2(O)C[C@H](OC(=O)[C@H](OP)[C@@H](NC(=O)c3ccccc3)c3ccccc3)C(C)=C1C2(C)C. The van der Waals surface area contributed by atoms with Crippen molar-refractivity contribution in [1.29, 1.82) is 0 Å². The molecule has 1 amide bonds. The summed E-state index contributed by atoms with van der Waals surface area (Å²) in [7, 11) is 2.03. The second-order valence-corrected chi connectivity index (χ2v) is 17.9. The highest BCUT2D eigenvalue weighted by Crippen LogP contribution is 2.65. The number of nitrogens with one attached hydrogen (secondary N) is 1. The van der Waals surface area contributed by atoms with E-state index in [0.717, 1.165) is 13.8 Å². The van der Waals surface area contributed by atoms with Gasteiger partial charge in [-0.3, -0.25) is 24.0 Å². The van der Waals surface area contributed by atoms with Crippen LogP contribution in [0.5, 0.6) is 0 Å². The number of carbonyl (C=O) groups excluding carboxylic acids is 7. The lowest BCUT2D eigenvalue weighted by Gasteiger charge is -2.67. The first-order valence-corrected chi connectivity index (χ1v) is 21.6. The molecular formula is C48H52NO15P. The molecule has 2 N–H and O–H groups in total. The maximum absolute atomic E-state index is 15.8. The smallest absolute Gasteiger partial charge is 0.338 e. The molecule has 2 saturated carbocycles. The van der Waals surface area contributed by atoms with Crippen LogP contribution in [0.1, 0.15) is 86.7 Å². The number of hydrogen-bond donors (Lipinski definition) is 2. The lowest BCUT2D eigenvalue weighted by atomic mass is 9.44. The molecule has 65 heavy (non-hydrogen) atoms. The first-order valence-electron chi connectivity index (χ1n) is 21.1. The predicted molar refractivity (Wildman–Crippen MR) is 231 cm³/mol. The van der Waals surface area contributed by atoms with E-state index in [1.807, 2.05) is 9.47 Å².